The maximum atomic E-state index is 11.7. The molecule has 0 radical (unpaired) electrons. The number of carbonyl (C=O) groups excluding carboxylic acids is 1. The number of benzene rings is 1. The minimum Gasteiger partial charge on any atom is -0.481 e. The average Bonchev–Trinajstić information content (AvgIpc) is 2.77. The third kappa shape index (κ3) is 4.41. The average molecular weight is 336 g/mol. The highest BCUT2D eigenvalue weighted by Gasteiger charge is 2.25. The second-order valence-electron chi connectivity index (χ2n) is 6.20. The molecule has 6 nitrogen and oxygen atoms in total. The van der Waals surface area contributed by atoms with E-state index in [1.807, 2.05) is 13.0 Å². The van der Waals surface area contributed by atoms with Gasteiger partial charge in [0.25, 0.3) is 0 Å². The molecule has 2 rings (SSSR count). The minimum atomic E-state index is -1.01. The number of hydrogen-bond acceptors (Lipinski definition) is 5. The molecule has 0 aliphatic heterocycles. The van der Waals surface area contributed by atoms with Gasteiger partial charge in [0.1, 0.15) is 11.5 Å². The van der Waals surface area contributed by atoms with E-state index >= 15 is 0 Å². The molecule has 0 saturated heterocycles. The summed E-state index contributed by atoms with van der Waals surface area (Å²) in [7, 11) is 0. The molecule has 1 heterocycles. The summed E-state index contributed by atoms with van der Waals surface area (Å²) in [5, 5.41) is 12.9. The quantitative estimate of drug-likeness (QED) is 0.894. The van der Waals surface area contributed by atoms with E-state index in [1.54, 1.807) is 32.9 Å². The van der Waals surface area contributed by atoms with Crippen LogP contribution in [-0.2, 0) is 9.53 Å². The van der Waals surface area contributed by atoms with Crippen LogP contribution >= 0.6 is 11.3 Å². The number of amides is 1. The van der Waals surface area contributed by atoms with E-state index in [4.69, 9.17) is 4.74 Å². The summed E-state index contributed by atoms with van der Waals surface area (Å²) in [5.41, 5.74) is 0.637. The standard InChI is InChI=1S/C16H20N2O4S/c1-9-18-13-10(6-5-7-12(13)23-9)11(14(19)20)8-17-15(21)22-16(2,3)4/h5-7,11H,8H2,1-4H3,(H,17,21)(H,19,20). The lowest BCUT2D eigenvalue weighted by Crippen LogP contribution is -2.36. The van der Waals surface area contributed by atoms with Crippen molar-refractivity contribution in [2.75, 3.05) is 6.54 Å². The number of carboxylic acid groups (broad SMARTS) is 1. The van der Waals surface area contributed by atoms with Gasteiger partial charge in [-0.05, 0) is 39.3 Å². The van der Waals surface area contributed by atoms with Gasteiger partial charge < -0.3 is 15.2 Å². The number of aromatic nitrogens is 1. The lowest BCUT2D eigenvalue weighted by atomic mass is 9.98. The molecule has 1 atom stereocenters. The second-order valence-corrected chi connectivity index (χ2v) is 7.44. The number of ether oxygens (including phenoxy) is 1. The van der Waals surface area contributed by atoms with Crippen molar-refractivity contribution in [3.05, 3.63) is 28.8 Å². The predicted molar refractivity (Wildman–Crippen MR) is 89.0 cm³/mol. The first-order valence-corrected chi connectivity index (χ1v) is 8.05. The van der Waals surface area contributed by atoms with Crippen molar-refractivity contribution in [2.45, 2.75) is 39.2 Å². The summed E-state index contributed by atoms with van der Waals surface area (Å²) in [4.78, 5) is 27.8. The Labute approximate surface area is 138 Å². The Kier molecular flexibility index (Phi) is 4.89. The van der Waals surface area contributed by atoms with E-state index in [1.165, 1.54) is 11.3 Å². The number of alkyl carbamates (subject to hydrolysis) is 1. The summed E-state index contributed by atoms with van der Waals surface area (Å²) in [6.45, 7) is 7.07. The predicted octanol–water partition coefficient (Wildman–Crippen LogP) is 3.30. The largest absolute Gasteiger partial charge is 0.481 e. The first kappa shape index (κ1) is 17.2. The van der Waals surface area contributed by atoms with Crippen molar-refractivity contribution in [3.8, 4) is 0 Å². The number of carbonyl (C=O) groups is 2. The molecule has 0 bridgehead atoms. The third-order valence-corrected chi connectivity index (χ3v) is 4.02. The summed E-state index contributed by atoms with van der Waals surface area (Å²) in [6, 6.07) is 5.44. The molecular weight excluding hydrogens is 316 g/mol. The zero-order chi connectivity index (χ0) is 17.2. The highest BCUT2D eigenvalue weighted by Crippen LogP contribution is 2.29. The van der Waals surface area contributed by atoms with Crippen LogP contribution in [0, 0.1) is 6.92 Å². The van der Waals surface area contributed by atoms with Gasteiger partial charge in [0.15, 0.2) is 0 Å². The van der Waals surface area contributed by atoms with Crippen LogP contribution in [0.2, 0.25) is 0 Å². The number of hydrogen-bond donors (Lipinski definition) is 2. The van der Waals surface area contributed by atoms with Crippen molar-refractivity contribution in [1.82, 2.24) is 10.3 Å². The van der Waals surface area contributed by atoms with Crippen LogP contribution in [0.15, 0.2) is 18.2 Å². The molecule has 1 amide bonds. The van der Waals surface area contributed by atoms with E-state index in [2.05, 4.69) is 10.3 Å². The molecule has 0 aliphatic carbocycles. The number of aliphatic carboxylic acids is 1. The van der Waals surface area contributed by atoms with Crippen LogP contribution < -0.4 is 5.32 Å². The van der Waals surface area contributed by atoms with Crippen molar-refractivity contribution in [3.63, 3.8) is 0 Å². The van der Waals surface area contributed by atoms with Crippen LogP contribution in [0.5, 0.6) is 0 Å². The zero-order valence-corrected chi connectivity index (χ0v) is 14.4. The number of nitrogens with zero attached hydrogens (tertiary/aromatic N) is 1. The maximum Gasteiger partial charge on any atom is 0.407 e. The molecule has 124 valence electrons. The first-order chi connectivity index (χ1) is 10.7. The van der Waals surface area contributed by atoms with E-state index in [0.29, 0.717) is 11.1 Å². The molecule has 1 aromatic heterocycles. The highest BCUT2D eigenvalue weighted by atomic mass is 32.1. The van der Waals surface area contributed by atoms with Crippen LogP contribution in [0.25, 0.3) is 10.2 Å². The molecule has 7 heteroatoms. The molecule has 0 aliphatic rings. The Bertz CT molecular complexity index is 733. The fourth-order valence-corrected chi connectivity index (χ4v) is 3.05. The molecular formula is C16H20N2O4S. The number of fused-ring (bicyclic) bond motifs is 1. The number of rotatable bonds is 4. The summed E-state index contributed by atoms with van der Waals surface area (Å²) in [6.07, 6.45) is -0.634. The van der Waals surface area contributed by atoms with Gasteiger partial charge in [-0.15, -0.1) is 11.3 Å². The van der Waals surface area contributed by atoms with Gasteiger partial charge in [-0.3, -0.25) is 4.79 Å². The van der Waals surface area contributed by atoms with Gasteiger partial charge in [0, 0.05) is 6.54 Å². The van der Waals surface area contributed by atoms with E-state index in [0.717, 1.165) is 9.71 Å². The fourth-order valence-electron chi connectivity index (χ4n) is 2.19. The van der Waals surface area contributed by atoms with Gasteiger partial charge >= 0.3 is 12.1 Å². The van der Waals surface area contributed by atoms with Crippen LogP contribution in [0.1, 0.15) is 37.3 Å². The Hall–Kier alpha value is -2.15. The van der Waals surface area contributed by atoms with Crippen molar-refractivity contribution >= 4 is 33.6 Å². The Morgan fingerprint density at radius 3 is 2.70 bits per heavy atom. The number of aryl methyl sites for hydroxylation is 1. The van der Waals surface area contributed by atoms with Gasteiger partial charge in [-0.25, -0.2) is 9.78 Å². The zero-order valence-electron chi connectivity index (χ0n) is 13.5. The van der Waals surface area contributed by atoms with Gasteiger partial charge in [0.05, 0.1) is 15.2 Å². The van der Waals surface area contributed by atoms with Crippen LogP contribution in [-0.4, -0.2) is 34.3 Å². The lowest BCUT2D eigenvalue weighted by molar-refractivity contribution is -0.138. The molecule has 1 unspecified atom stereocenters. The topological polar surface area (TPSA) is 88.5 Å². The Balaban J connectivity index is 2.21. The smallest absolute Gasteiger partial charge is 0.407 e. The van der Waals surface area contributed by atoms with E-state index in [9.17, 15) is 14.7 Å². The van der Waals surface area contributed by atoms with Crippen molar-refractivity contribution < 1.29 is 19.4 Å². The molecule has 0 saturated carbocycles. The number of nitrogens with one attached hydrogen (secondary N) is 1. The fraction of sp³-hybridized carbons (Fsp3) is 0.438. The maximum absolute atomic E-state index is 11.7. The van der Waals surface area contributed by atoms with Crippen LogP contribution in [0.3, 0.4) is 0 Å². The van der Waals surface area contributed by atoms with Crippen molar-refractivity contribution in [1.29, 1.82) is 0 Å². The minimum absolute atomic E-state index is 0.0556. The highest BCUT2D eigenvalue weighted by molar-refractivity contribution is 7.18. The van der Waals surface area contributed by atoms with Gasteiger partial charge in [-0.2, -0.15) is 0 Å². The molecule has 2 N–H and O–H groups in total. The molecule has 1 aromatic carbocycles. The number of para-hydroxylation sites is 1. The Morgan fingerprint density at radius 1 is 1.39 bits per heavy atom. The normalized spacial score (nSPS) is 12.9. The monoisotopic (exact) mass is 336 g/mol. The van der Waals surface area contributed by atoms with Crippen molar-refractivity contribution in [2.24, 2.45) is 0 Å². The Morgan fingerprint density at radius 2 is 2.09 bits per heavy atom. The first-order valence-electron chi connectivity index (χ1n) is 7.23. The molecule has 2 aromatic rings. The summed E-state index contributed by atoms with van der Waals surface area (Å²) >= 11 is 1.51. The van der Waals surface area contributed by atoms with E-state index in [-0.39, 0.29) is 6.54 Å². The van der Waals surface area contributed by atoms with Crippen LogP contribution in [0.4, 0.5) is 4.79 Å². The summed E-state index contributed by atoms with van der Waals surface area (Å²) in [5.74, 6) is -1.90. The molecule has 0 spiro atoms. The molecule has 0 fully saturated rings. The van der Waals surface area contributed by atoms with E-state index < -0.39 is 23.6 Å². The SMILES string of the molecule is Cc1nc2c(C(CNC(=O)OC(C)(C)C)C(=O)O)cccc2s1. The second kappa shape index (κ2) is 6.54. The lowest BCUT2D eigenvalue weighted by Gasteiger charge is -2.21. The summed E-state index contributed by atoms with van der Waals surface area (Å²) < 4.78 is 6.07. The number of thiazole rings is 1. The molecule has 23 heavy (non-hydrogen) atoms. The third-order valence-electron chi connectivity index (χ3n) is 3.08. The van der Waals surface area contributed by atoms with Gasteiger partial charge in [0.2, 0.25) is 0 Å². The number of carboxylic acids is 1. The van der Waals surface area contributed by atoms with Gasteiger partial charge in [-0.1, -0.05) is 12.1 Å².